The molecule has 3 aromatic carbocycles. The molecule has 0 unspecified atom stereocenters. The largest absolute Gasteiger partial charge is 0.497 e. The van der Waals surface area contributed by atoms with Crippen molar-refractivity contribution in [3.63, 3.8) is 0 Å². The number of halogens is 3. The number of urea groups is 1. The van der Waals surface area contributed by atoms with Crippen molar-refractivity contribution in [1.82, 2.24) is 9.80 Å². The van der Waals surface area contributed by atoms with Crippen molar-refractivity contribution in [2.24, 2.45) is 5.92 Å². The Morgan fingerprint density at radius 3 is 2.41 bits per heavy atom. The SMILES string of the molecule is COc1ccc(NC(=O)Nc2cccc3c2O[C@H](CN(C)Cc2ccc(C(F)(F)F)cc2)[C@@H](C)CN([C@H](C)CO)C3=O)cc1. The van der Waals surface area contributed by atoms with Gasteiger partial charge in [-0.3, -0.25) is 9.69 Å². The third-order valence-electron chi connectivity index (χ3n) is 7.51. The third-order valence-corrected chi connectivity index (χ3v) is 7.51. The molecule has 9 nitrogen and oxygen atoms in total. The molecule has 3 aromatic rings. The van der Waals surface area contributed by atoms with Crippen LogP contribution in [0.5, 0.6) is 11.5 Å². The Hall–Kier alpha value is -4.29. The highest BCUT2D eigenvalue weighted by atomic mass is 19.4. The normalized spacial score (nSPS) is 17.7. The molecule has 0 bridgehead atoms. The second-order valence-electron chi connectivity index (χ2n) is 11.0. The number of carbonyl (C=O) groups is 2. The highest BCUT2D eigenvalue weighted by Gasteiger charge is 2.35. The molecular formula is C32H37F3N4O5. The maximum Gasteiger partial charge on any atom is 0.416 e. The van der Waals surface area contributed by atoms with Crippen LogP contribution in [0.15, 0.2) is 66.7 Å². The first kappa shape index (κ1) is 32.6. The van der Waals surface area contributed by atoms with E-state index in [1.165, 1.54) is 12.1 Å². The summed E-state index contributed by atoms with van der Waals surface area (Å²) in [7, 11) is 3.38. The van der Waals surface area contributed by atoms with Gasteiger partial charge in [-0.1, -0.05) is 25.1 Å². The van der Waals surface area contributed by atoms with E-state index in [1.807, 2.05) is 18.9 Å². The lowest BCUT2D eigenvalue weighted by Crippen LogP contribution is -2.49. The molecule has 3 amide bonds. The Bertz CT molecular complexity index is 1430. The van der Waals surface area contributed by atoms with Gasteiger partial charge < -0.3 is 30.1 Å². The maximum absolute atomic E-state index is 13.7. The van der Waals surface area contributed by atoms with Crippen LogP contribution >= 0.6 is 0 Å². The first-order chi connectivity index (χ1) is 20.9. The number of nitrogens with one attached hydrogen (secondary N) is 2. The van der Waals surface area contributed by atoms with Gasteiger partial charge in [-0.15, -0.1) is 0 Å². The molecule has 3 atom stereocenters. The van der Waals surface area contributed by atoms with E-state index in [0.29, 0.717) is 36.6 Å². The van der Waals surface area contributed by atoms with Crippen LogP contribution in [0.1, 0.15) is 35.3 Å². The lowest BCUT2D eigenvalue weighted by Gasteiger charge is -2.38. The number of fused-ring (bicyclic) bond motifs is 1. The summed E-state index contributed by atoms with van der Waals surface area (Å²) < 4.78 is 50.7. The van der Waals surface area contributed by atoms with Crippen molar-refractivity contribution in [2.45, 2.75) is 38.7 Å². The molecule has 1 aliphatic heterocycles. The van der Waals surface area contributed by atoms with E-state index in [9.17, 15) is 27.9 Å². The average Bonchev–Trinajstić information content (AvgIpc) is 2.99. The summed E-state index contributed by atoms with van der Waals surface area (Å²) in [5, 5.41) is 15.5. The molecule has 4 rings (SSSR count). The van der Waals surface area contributed by atoms with Gasteiger partial charge in [0.25, 0.3) is 5.91 Å². The first-order valence-corrected chi connectivity index (χ1v) is 14.2. The van der Waals surface area contributed by atoms with Gasteiger partial charge in [0.05, 0.1) is 36.6 Å². The van der Waals surface area contributed by atoms with E-state index >= 15 is 0 Å². The zero-order chi connectivity index (χ0) is 32.0. The van der Waals surface area contributed by atoms with Gasteiger partial charge in [-0.2, -0.15) is 13.2 Å². The highest BCUT2D eigenvalue weighted by molar-refractivity contribution is 6.04. The predicted molar refractivity (Wildman–Crippen MR) is 161 cm³/mol. The van der Waals surface area contributed by atoms with Crippen molar-refractivity contribution in [3.8, 4) is 11.5 Å². The van der Waals surface area contributed by atoms with E-state index in [0.717, 1.165) is 12.1 Å². The van der Waals surface area contributed by atoms with Gasteiger partial charge in [0.1, 0.15) is 11.9 Å². The number of rotatable bonds is 9. The average molecular weight is 615 g/mol. The Balaban J connectivity index is 1.59. The minimum atomic E-state index is -4.41. The topological polar surface area (TPSA) is 103 Å². The molecule has 0 radical (unpaired) electrons. The molecule has 0 aromatic heterocycles. The number of carbonyl (C=O) groups excluding carboxylic acids is 2. The van der Waals surface area contributed by atoms with Crippen molar-refractivity contribution in [3.05, 3.63) is 83.4 Å². The molecule has 236 valence electrons. The molecule has 12 heteroatoms. The molecule has 0 aliphatic carbocycles. The van der Waals surface area contributed by atoms with Crippen molar-refractivity contribution in [2.75, 3.05) is 44.5 Å². The van der Waals surface area contributed by atoms with Crippen LogP contribution < -0.4 is 20.1 Å². The molecule has 0 saturated heterocycles. The van der Waals surface area contributed by atoms with Gasteiger partial charge >= 0.3 is 12.2 Å². The number of aliphatic hydroxyl groups is 1. The third kappa shape index (κ3) is 8.00. The van der Waals surface area contributed by atoms with E-state index < -0.39 is 29.9 Å². The number of hydrogen-bond acceptors (Lipinski definition) is 6. The molecule has 0 spiro atoms. The summed E-state index contributed by atoms with van der Waals surface area (Å²) in [5.74, 6) is 0.274. The van der Waals surface area contributed by atoms with E-state index in [2.05, 4.69) is 10.6 Å². The van der Waals surface area contributed by atoms with Gasteiger partial charge in [0.15, 0.2) is 5.75 Å². The molecular weight excluding hydrogens is 577 g/mol. The Morgan fingerprint density at radius 1 is 1.11 bits per heavy atom. The summed E-state index contributed by atoms with van der Waals surface area (Å²) in [4.78, 5) is 30.2. The number of amides is 3. The number of anilines is 2. The second-order valence-corrected chi connectivity index (χ2v) is 11.0. The monoisotopic (exact) mass is 614 g/mol. The van der Waals surface area contributed by atoms with Crippen LogP contribution in [-0.2, 0) is 12.7 Å². The number of benzene rings is 3. The maximum atomic E-state index is 13.7. The minimum absolute atomic E-state index is 0.192. The fourth-order valence-corrected chi connectivity index (χ4v) is 5.00. The number of para-hydroxylation sites is 1. The second kappa shape index (κ2) is 14.0. The van der Waals surface area contributed by atoms with Crippen molar-refractivity contribution in [1.29, 1.82) is 0 Å². The molecule has 0 saturated carbocycles. The number of nitrogens with zero attached hydrogens (tertiary/aromatic N) is 2. The summed E-state index contributed by atoms with van der Waals surface area (Å²) in [6, 6.07) is 15.7. The van der Waals surface area contributed by atoms with Crippen LogP contribution in [0, 0.1) is 5.92 Å². The van der Waals surface area contributed by atoms with Crippen LogP contribution in [0.4, 0.5) is 29.3 Å². The number of methoxy groups -OCH3 is 1. The number of hydrogen-bond donors (Lipinski definition) is 3. The fourth-order valence-electron chi connectivity index (χ4n) is 5.00. The first-order valence-electron chi connectivity index (χ1n) is 14.2. The van der Waals surface area contributed by atoms with E-state index in [4.69, 9.17) is 9.47 Å². The molecule has 0 fully saturated rings. The van der Waals surface area contributed by atoms with Gasteiger partial charge in [0, 0.05) is 31.2 Å². The quantitative estimate of drug-likeness (QED) is 0.285. The number of likely N-dealkylation sites (N-methyl/N-ethyl adjacent to an activating group) is 1. The minimum Gasteiger partial charge on any atom is -0.497 e. The Kier molecular flexibility index (Phi) is 10.4. The molecule has 1 aliphatic rings. The molecule has 44 heavy (non-hydrogen) atoms. The number of alkyl halides is 3. The van der Waals surface area contributed by atoms with Crippen molar-refractivity contribution < 1.29 is 37.3 Å². The lowest BCUT2D eigenvalue weighted by molar-refractivity contribution is -0.137. The summed E-state index contributed by atoms with van der Waals surface area (Å²) in [5.41, 5.74) is 1.02. The van der Waals surface area contributed by atoms with Crippen LogP contribution in [0.3, 0.4) is 0 Å². The van der Waals surface area contributed by atoms with E-state index in [1.54, 1.807) is 61.4 Å². The standard InChI is InChI=1S/C32H37F3N4O5/c1-20-16-39(21(2)19-40)30(41)26-6-5-7-27(37-31(42)36-24-12-14-25(43-4)15-13-24)29(26)44-28(20)18-38(3)17-22-8-10-23(11-9-22)32(33,34)35/h5-15,20-21,28,40H,16-19H2,1-4H3,(H2,36,37,42)/t20-,21+,28+/m0/s1. The molecule has 1 heterocycles. The lowest BCUT2D eigenvalue weighted by atomic mass is 9.98. The number of ether oxygens (including phenoxy) is 2. The van der Waals surface area contributed by atoms with Gasteiger partial charge in [-0.25, -0.2) is 4.79 Å². The zero-order valence-electron chi connectivity index (χ0n) is 25.0. The van der Waals surface area contributed by atoms with Crippen LogP contribution in [0.2, 0.25) is 0 Å². The Morgan fingerprint density at radius 2 is 1.80 bits per heavy atom. The predicted octanol–water partition coefficient (Wildman–Crippen LogP) is 5.71. The summed E-state index contributed by atoms with van der Waals surface area (Å²) in [6.45, 7) is 4.46. The fraction of sp³-hybridized carbons (Fsp3) is 0.375. The summed E-state index contributed by atoms with van der Waals surface area (Å²) in [6.07, 6.45) is -4.89. The van der Waals surface area contributed by atoms with E-state index in [-0.39, 0.29) is 35.4 Å². The summed E-state index contributed by atoms with van der Waals surface area (Å²) >= 11 is 0. The number of aliphatic hydroxyl groups excluding tert-OH is 1. The smallest absolute Gasteiger partial charge is 0.416 e. The van der Waals surface area contributed by atoms with Crippen molar-refractivity contribution >= 4 is 23.3 Å². The Labute approximate surface area is 254 Å². The van der Waals surface area contributed by atoms with Gasteiger partial charge in [-0.05, 0) is 68.1 Å². The molecule has 3 N–H and O–H groups in total. The van der Waals surface area contributed by atoms with Crippen LogP contribution in [-0.4, -0.2) is 72.8 Å². The van der Waals surface area contributed by atoms with Crippen LogP contribution in [0.25, 0.3) is 0 Å². The van der Waals surface area contributed by atoms with Gasteiger partial charge in [0.2, 0.25) is 0 Å². The zero-order valence-corrected chi connectivity index (χ0v) is 25.0. The highest BCUT2D eigenvalue weighted by Crippen LogP contribution is 2.35.